The van der Waals surface area contributed by atoms with Crippen LogP contribution in [0.1, 0.15) is 40.5 Å². The van der Waals surface area contributed by atoms with Gasteiger partial charge in [-0.25, -0.2) is 13.6 Å². The molecule has 1 fully saturated rings. The Kier molecular flexibility index (Phi) is 2.66. The summed E-state index contributed by atoms with van der Waals surface area (Å²) >= 11 is 0. The summed E-state index contributed by atoms with van der Waals surface area (Å²) in [7, 11) is 0. The second kappa shape index (κ2) is 4.09. The van der Waals surface area contributed by atoms with Crippen molar-refractivity contribution in [2.75, 3.05) is 0 Å². The molecule has 5 nitrogen and oxygen atoms in total. The molecule has 0 saturated heterocycles. The van der Waals surface area contributed by atoms with Crippen LogP contribution in [0.2, 0.25) is 0 Å². The summed E-state index contributed by atoms with van der Waals surface area (Å²) in [4.78, 5) is 40.7. The lowest BCUT2D eigenvalue weighted by Crippen LogP contribution is -2.51. The average Bonchev–Trinajstić information content (AvgIpc) is 2.62. The SMILES string of the molecule is CC1(C(=O)ON2C(=O)c3ccccc3C2=O)CC(F)(F)C1. The van der Waals surface area contributed by atoms with Crippen molar-refractivity contribution in [2.24, 2.45) is 5.41 Å². The quantitative estimate of drug-likeness (QED) is 0.784. The molecule has 2 aliphatic rings. The zero-order chi connectivity index (χ0) is 15.4. The largest absolute Gasteiger partial charge is 0.339 e. The fourth-order valence-electron chi connectivity index (χ4n) is 2.68. The molecule has 0 atom stereocenters. The number of hydroxylamine groups is 2. The second-order valence-corrected chi connectivity index (χ2v) is 5.60. The number of fused-ring (bicyclic) bond motifs is 1. The van der Waals surface area contributed by atoms with E-state index in [4.69, 9.17) is 4.84 Å². The van der Waals surface area contributed by atoms with Crippen LogP contribution < -0.4 is 0 Å². The molecule has 1 saturated carbocycles. The van der Waals surface area contributed by atoms with Gasteiger partial charge in [-0.2, -0.15) is 0 Å². The van der Waals surface area contributed by atoms with E-state index in [-0.39, 0.29) is 11.1 Å². The highest BCUT2D eigenvalue weighted by Gasteiger charge is 2.60. The molecular formula is C14H11F2NO4. The van der Waals surface area contributed by atoms with Crippen molar-refractivity contribution in [3.63, 3.8) is 0 Å². The van der Waals surface area contributed by atoms with Gasteiger partial charge in [-0.1, -0.05) is 17.2 Å². The number of halogens is 2. The van der Waals surface area contributed by atoms with Gasteiger partial charge in [-0.05, 0) is 19.1 Å². The number of hydrogen-bond donors (Lipinski definition) is 0. The first kappa shape index (κ1) is 13.7. The van der Waals surface area contributed by atoms with E-state index in [2.05, 4.69) is 0 Å². The van der Waals surface area contributed by atoms with Crippen LogP contribution in [0.3, 0.4) is 0 Å². The number of benzene rings is 1. The average molecular weight is 295 g/mol. The van der Waals surface area contributed by atoms with Crippen molar-refractivity contribution >= 4 is 17.8 Å². The van der Waals surface area contributed by atoms with Gasteiger partial charge in [-0.15, -0.1) is 0 Å². The molecule has 1 heterocycles. The zero-order valence-electron chi connectivity index (χ0n) is 11.1. The highest BCUT2D eigenvalue weighted by Crippen LogP contribution is 2.52. The van der Waals surface area contributed by atoms with Gasteiger partial charge >= 0.3 is 5.97 Å². The van der Waals surface area contributed by atoms with Gasteiger partial charge < -0.3 is 4.84 Å². The molecule has 0 unspecified atom stereocenters. The Morgan fingerprint density at radius 3 is 2.05 bits per heavy atom. The lowest BCUT2D eigenvalue weighted by atomic mass is 9.67. The molecule has 1 aliphatic heterocycles. The van der Waals surface area contributed by atoms with Gasteiger partial charge in [0.15, 0.2) is 0 Å². The molecule has 21 heavy (non-hydrogen) atoms. The van der Waals surface area contributed by atoms with Crippen LogP contribution in [0.25, 0.3) is 0 Å². The molecule has 0 bridgehead atoms. The van der Waals surface area contributed by atoms with E-state index in [1.807, 2.05) is 0 Å². The summed E-state index contributed by atoms with van der Waals surface area (Å²) in [5.74, 6) is -5.43. The van der Waals surface area contributed by atoms with Crippen LogP contribution in [0.15, 0.2) is 24.3 Å². The van der Waals surface area contributed by atoms with E-state index < -0.39 is 42.0 Å². The first-order valence-electron chi connectivity index (χ1n) is 6.32. The first-order chi connectivity index (χ1) is 9.73. The molecular weight excluding hydrogens is 284 g/mol. The lowest BCUT2D eigenvalue weighted by molar-refractivity contribution is -0.212. The molecule has 3 rings (SSSR count). The minimum atomic E-state index is -2.91. The maximum absolute atomic E-state index is 12.9. The summed E-state index contributed by atoms with van der Waals surface area (Å²) < 4.78 is 25.8. The predicted molar refractivity (Wildman–Crippen MR) is 65.3 cm³/mol. The molecule has 110 valence electrons. The maximum atomic E-state index is 12.9. The number of hydrogen-bond acceptors (Lipinski definition) is 4. The Labute approximate surface area is 118 Å². The van der Waals surface area contributed by atoms with Gasteiger partial charge in [0.1, 0.15) is 0 Å². The molecule has 0 aromatic heterocycles. The van der Waals surface area contributed by atoms with E-state index in [0.29, 0.717) is 5.06 Å². The Morgan fingerprint density at radius 1 is 1.14 bits per heavy atom. The van der Waals surface area contributed by atoms with Gasteiger partial charge in [-0.3, -0.25) is 9.59 Å². The van der Waals surface area contributed by atoms with E-state index in [9.17, 15) is 23.2 Å². The highest BCUT2D eigenvalue weighted by molar-refractivity contribution is 6.20. The Morgan fingerprint density at radius 2 is 1.62 bits per heavy atom. The fraction of sp³-hybridized carbons (Fsp3) is 0.357. The lowest BCUT2D eigenvalue weighted by Gasteiger charge is -2.42. The van der Waals surface area contributed by atoms with Crippen LogP contribution in [0.4, 0.5) is 8.78 Å². The second-order valence-electron chi connectivity index (χ2n) is 5.60. The van der Waals surface area contributed by atoms with Crippen LogP contribution in [0.5, 0.6) is 0 Å². The third-order valence-corrected chi connectivity index (χ3v) is 3.72. The third-order valence-electron chi connectivity index (χ3n) is 3.72. The number of imide groups is 1. The molecule has 0 radical (unpaired) electrons. The van der Waals surface area contributed by atoms with Gasteiger partial charge in [0, 0.05) is 12.8 Å². The minimum absolute atomic E-state index is 0.124. The first-order valence-corrected chi connectivity index (χ1v) is 6.32. The fourth-order valence-corrected chi connectivity index (χ4v) is 2.68. The van der Waals surface area contributed by atoms with Crippen molar-refractivity contribution in [1.82, 2.24) is 5.06 Å². The summed E-state index contributed by atoms with van der Waals surface area (Å²) in [5, 5.41) is 0.342. The minimum Gasteiger partial charge on any atom is -0.329 e. The topological polar surface area (TPSA) is 63.7 Å². The molecule has 1 aromatic carbocycles. The summed E-state index contributed by atoms with van der Waals surface area (Å²) in [6, 6.07) is 6.01. The summed E-state index contributed by atoms with van der Waals surface area (Å²) in [6.45, 7) is 1.32. The van der Waals surface area contributed by atoms with Crippen LogP contribution in [-0.4, -0.2) is 28.8 Å². The van der Waals surface area contributed by atoms with E-state index in [1.54, 1.807) is 12.1 Å². The monoisotopic (exact) mass is 295 g/mol. The maximum Gasteiger partial charge on any atom is 0.339 e. The van der Waals surface area contributed by atoms with E-state index >= 15 is 0 Å². The Bertz CT molecular complexity index is 628. The molecule has 0 N–H and O–H groups in total. The van der Waals surface area contributed by atoms with Crippen molar-refractivity contribution in [3.05, 3.63) is 35.4 Å². The Hall–Kier alpha value is -2.31. The highest BCUT2D eigenvalue weighted by atomic mass is 19.3. The van der Waals surface area contributed by atoms with E-state index in [1.165, 1.54) is 19.1 Å². The van der Waals surface area contributed by atoms with Gasteiger partial charge in [0.25, 0.3) is 11.8 Å². The van der Waals surface area contributed by atoms with Crippen molar-refractivity contribution < 1.29 is 28.0 Å². The predicted octanol–water partition coefficient (Wildman–Crippen LogP) is 2.18. The number of nitrogens with zero attached hydrogens (tertiary/aromatic N) is 1. The molecule has 1 aromatic rings. The van der Waals surface area contributed by atoms with Crippen LogP contribution in [-0.2, 0) is 9.63 Å². The molecule has 0 spiro atoms. The number of carbonyl (C=O) groups excluding carboxylic acids is 3. The summed E-state index contributed by atoms with van der Waals surface area (Å²) in [6.07, 6.45) is -1.30. The number of alkyl halides is 2. The Balaban J connectivity index is 1.77. The number of amides is 2. The normalized spacial score (nSPS) is 21.8. The number of carbonyl (C=O) groups is 3. The third kappa shape index (κ3) is 2.00. The smallest absolute Gasteiger partial charge is 0.329 e. The summed E-state index contributed by atoms with van der Waals surface area (Å²) in [5.41, 5.74) is -1.13. The van der Waals surface area contributed by atoms with Gasteiger partial charge in [0.2, 0.25) is 5.92 Å². The zero-order valence-corrected chi connectivity index (χ0v) is 11.1. The van der Waals surface area contributed by atoms with E-state index in [0.717, 1.165) is 0 Å². The standard InChI is InChI=1S/C14H11F2NO4/c1-13(6-14(15,16)7-13)12(20)21-17-10(18)8-4-2-3-5-9(8)11(17)19/h2-5H,6-7H2,1H3. The van der Waals surface area contributed by atoms with Crippen molar-refractivity contribution in [2.45, 2.75) is 25.7 Å². The molecule has 7 heteroatoms. The molecule has 1 aliphatic carbocycles. The van der Waals surface area contributed by atoms with Crippen LogP contribution >= 0.6 is 0 Å². The molecule has 2 amide bonds. The van der Waals surface area contributed by atoms with Crippen molar-refractivity contribution in [1.29, 1.82) is 0 Å². The van der Waals surface area contributed by atoms with Crippen molar-refractivity contribution in [3.8, 4) is 0 Å². The van der Waals surface area contributed by atoms with Crippen LogP contribution in [0, 0.1) is 5.41 Å². The number of rotatable bonds is 2. The van der Waals surface area contributed by atoms with Gasteiger partial charge in [0.05, 0.1) is 16.5 Å².